The van der Waals surface area contributed by atoms with Crippen molar-refractivity contribution in [2.24, 2.45) is 0 Å². The predicted octanol–water partition coefficient (Wildman–Crippen LogP) is 3.61. The standard InChI is InChI=1S/C19H18FNO4S/c1-13(18-12-14-4-2-3-5-17(14)25-18)21-19(22)10-11-26(23,24)16-8-6-15(20)7-9-16/h2-9,12-13H,10-11H2,1H3,(H,21,22)/t13-/m1/s1. The van der Waals surface area contributed by atoms with E-state index in [1.807, 2.05) is 30.3 Å². The second kappa shape index (κ2) is 7.29. The lowest BCUT2D eigenvalue weighted by Gasteiger charge is -2.11. The van der Waals surface area contributed by atoms with Crippen LogP contribution in [0.3, 0.4) is 0 Å². The number of fused-ring (bicyclic) bond motifs is 1. The molecule has 0 saturated carbocycles. The number of nitrogens with one attached hydrogen (secondary N) is 1. The molecule has 0 aliphatic heterocycles. The summed E-state index contributed by atoms with van der Waals surface area (Å²) in [5, 5.41) is 3.67. The van der Waals surface area contributed by atoms with Crippen molar-refractivity contribution in [2.75, 3.05) is 5.75 Å². The summed E-state index contributed by atoms with van der Waals surface area (Å²) >= 11 is 0. The van der Waals surface area contributed by atoms with Crippen molar-refractivity contribution in [1.82, 2.24) is 5.32 Å². The van der Waals surface area contributed by atoms with Crippen LogP contribution < -0.4 is 5.32 Å². The highest BCUT2D eigenvalue weighted by molar-refractivity contribution is 7.91. The molecule has 1 atom stereocenters. The summed E-state index contributed by atoms with van der Waals surface area (Å²) in [5.41, 5.74) is 0.725. The normalized spacial score (nSPS) is 12.8. The van der Waals surface area contributed by atoms with E-state index in [9.17, 15) is 17.6 Å². The van der Waals surface area contributed by atoms with Gasteiger partial charge < -0.3 is 9.73 Å². The molecule has 0 bridgehead atoms. The van der Waals surface area contributed by atoms with Gasteiger partial charge in [0.15, 0.2) is 9.84 Å². The third-order valence-corrected chi connectivity index (χ3v) is 5.75. The van der Waals surface area contributed by atoms with E-state index >= 15 is 0 Å². The summed E-state index contributed by atoms with van der Waals surface area (Å²) in [6, 6.07) is 13.5. The Morgan fingerprint density at radius 1 is 1.15 bits per heavy atom. The maximum atomic E-state index is 12.9. The van der Waals surface area contributed by atoms with Crippen LogP contribution in [-0.2, 0) is 14.6 Å². The first-order chi connectivity index (χ1) is 12.3. The highest BCUT2D eigenvalue weighted by Gasteiger charge is 2.19. The number of sulfone groups is 1. The number of carbonyl (C=O) groups excluding carboxylic acids is 1. The minimum Gasteiger partial charge on any atom is -0.459 e. The lowest BCUT2D eigenvalue weighted by atomic mass is 10.2. The average molecular weight is 375 g/mol. The van der Waals surface area contributed by atoms with Crippen molar-refractivity contribution >= 4 is 26.7 Å². The van der Waals surface area contributed by atoms with Gasteiger partial charge in [0.05, 0.1) is 16.7 Å². The summed E-state index contributed by atoms with van der Waals surface area (Å²) in [6.45, 7) is 1.77. The van der Waals surface area contributed by atoms with E-state index in [-0.39, 0.29) is 23.1 Å². The molecule has 0 aliphatic rings. The summed E-state index contributed by atoms with van der Waals surface area (Å²) in [7, 11) is -3.64. The smallest absolute Gasteiger partial charge is 0.221 e. The summed E-state index contributed by atoms with van der Waals surface area (Å²) < 4.78 is 43.0. The first-order valence-corrected chi connectivity index (χ1v) is 9.76. The molecule has 0 saturated heterocycles. The van der Waals surface area contributed by atoms with Gasteiger partial charge in [-0.25, -0.2) is 12.8 Å². The van der Waals surface area contributed by atoms with Crippen LogP contribution in [0.15, 0.2) is 63.9 Å². The summed E-state index contributed by atoms with van der Waals surface area (Å²) in [4.78, 5) is 12.1. The maximum absolute atomic E-state index is 12.9. The monoisotopic (exact) mass is 375 g/mol. The van der Waals surface area contributed by atoms with E-state index in [0.29, 0.717) is 5.76 Å². The number of hydrogen-bond donors (Lipinski definition) is 1. The topological polar surface area (TPSA) is 76.4 Å². The van der Waals surface area contributed by atoms with Crippen LogP contribution >= 0.6 is 0 Å². The van der Waals surface area contributed by atoms with Crippen LogP contribution in [0.5, 0.6) is 0 Å². The number of benzene rings is 2. The molecule has 0 spiro atoms. The fourth-order valence-corrected chi connectivity index (χ4v) is 3.83. The first-order valence-electron chi connectivity index (χ1n) is 8.11. The zero-order valence-corrected chi connectivity index (χ0v) is 14.9. The molecule has 5 nitrogen and oxygen atoms in total. The van der Waals surface area contributed by atoms with Crippen molar-refractivity contribution in [3.8, 4) is 0 Å². The molecule has 7 heteroatoms. The molecule has 1 heterocycles. The average Bonchev–Trinajstić information content (AvgIpc) is 3.05. The Morgan fingerprint density at radius 2 is 1.85 bits per heavy atom. The molecule has 1 amide bonds. The van der Waals surface area contributed by atoms with Gasteiger partial charge >= 0.3 is 0 Å². The Balaban J connectivity index is 1.60. The summed E-state index contributed by atoms with van der Waals surface area (Å²) in [5.74, 6) is -0.664. The van der Waals surface area contributed by atoms with Crippen LogP contribution in [0.4, 0.5) is 4.39 Å². The quantitative estimate of drug-likeness (QED) is 0.668. The van der Waals surface area contributed by atoms with Crippen LogP contribution in [0.25, 0.3) is 11.0 Å². The number of rotatable bonds is 6. The van der Waals surface area contributed by atoms with E-state index in [1.165, 1.54) is 12.1 Å². The molecular formula is C19H18FNO4S. The molecule has 26 heavy (non-hydrogen) atoms. The van der Waals surface area contributed by atoms with Gasteiger partial charge in [-0.15, -0.1) is 0 Å². The largest absolute Gasteiger partial charge is 0.459 e. The van der Waals surface area contributed by atoms with Crippen molar-refractivity contribution in [3.05, 3.63) is 66.2 Å². The Morgan fingerprint density at radius 3 is 2.54 bits per heavy atom. The first kappa shape index (κ1) is 18.1. The zero-order chi connectivity index (χ0) is 18.7. The number of hydrogen-bond acceptors (Lipinski definition) is 4. The van der Waals surface area contributed by atoms with Crippen molar-refractivity contribution < 1.29 is 22.0 Å². The van der Waals surface area contributed by atoms with Gasteiger partial charge in [-0.2, -0.15) is 0 Å². The zero-order valence-electron chi connectivity index (χ0n) is 14.1. The van der Waals surface area contributed by atoms with Gasteiger partial charge in [-0.05, 0) is 43.3 Å². The molecular weight excluding hydrogens is 357 g/mol. The minimum atomic E-state index is -3.64. The predicted molar refractivity (Wildman–Crippen MR) is 95.8 cm³/mol. The molecule has 0 radical (unpaired) electrons. The van der Waals surface area contributed by atoms with Crippen LogP contribution in [0, 0.1) is 5.82 Å². The fraction of sp³-hybridized carbons (Fsp3) is 0.211. The number of furan rings is 1. The Hall–Kier alpha value is -2.67. The Labute approximate surface area is 150 Å². The molecule has 2 aromatic carbocycles. The molecule has 0 fully saturated rings. The van der Waals surface area contributed by atoms with Gasteiger partial charge in [0, 0.05) is 11.8 Å². The van der Waals surface area contributed by atoms with Gasteiger partial charge in [0.1, 0.15) is 17.2 Å². The van der Waals surface area contributed by atoms with E-state index in [2.05, 4.69) is 5.32 Å². The second-order valence-corrected chi connectivity index (χ2v) is 8.11. The van der Waals surface area contributed by atoms with Crippen LogP contribution in [0.2, 0.25) is 0 Å². The van der Waals surface area contributed by atoms with Gasteiger partial charge in [-0.1, -0.05) is 18.2 Å². The van der Waals surface area contributed by atoms with Crippen LogP contribution in [-0.4, -0.2) is 20.1 Å². The minimum absolute atomic E-state index is 0.00275. The van der Waals surface area contributed by atoms with Crippen LogP contribution in [0.1, 0.15) is 25.1 Å². The molecule has 0 aliphatic carbocycles. The number of amides is 1. The van der Waals surface area contributed by atoms with E-state index < -0.39 is 21.6 Å². The van der Waals surface area contributed by atoms with E-state index in [4.69, 9.17) is 4.42 Å². The van der Waals surface area contributed by atoms with Gasteiger partial charge in [0.25, 0.3) is 0 Å². The Kier molecular flexibility index (Phi) is 5.08. The summed E-state index contributed by atoms with van der Waals surface area (Å²) in [6.07, 6.45) is -0.190. The number of halogens is 1. The van der Waals surface area contributed by atoms with Crippen molar-refractivity contribution in [2.45, 2.75) is 24.3 Å². The number of para-hydroxylation sites is 1. The molecule has 136 valence electrons. The molecule has 1 N–H and O–H groups in total. The lowest BCUT2D eigenvalue weighted by Crippen LogP contribution is -2.28. The number of carbonyl (C=O) groups is 1. The van der Waals surface area contributed by atoms with Crippen molar-refractivity contribution in [3.63, 3.8) is 0 Å². The maximum Gasteiger partial charge on any atom is 0.221 e. The molecule has 0 unspecified atom stereocenters. The highest BCUT2D eigenvalue weighted by atomic mass is 32.2. The second-order valence-electron chi connectivity index (χ2n) is 6.00. The third-order valence-electron chi connectivity index (χ3n) is 4.02. The molecule has 3 aromatic rings. The lowest BCUT2D eigenvalue weighted by molar-refractivity contribution is -0.121. The SMILES string of the molecule is C[C@@H](NC(=O)CCS(=O)(=O)c1ccc(F)cc1)c1cc2ccccc2o1. The van der Waals surface area contributed by atoms with E-state index in [0.717, 1.165) is 23.1 Å². The van der Waals surface area contributed by atoms with Gasteiger partial charge in [-0.3, -0.25) is 4.79 Å². The molecule has 1 aromatic heterocycles. The van der Waals surface area contributed by atoms with E-state index in [1.54, 1.807) is 6.92 Å². The Bertz CT molecular complexity index is 992. The third kappa shape index (κ3) is 4.11. The molecule has 3 rings (SSSR count). The highest BCUT2D eigenvalue weighted by Crippen LogP contribution is 2.23. The van der Waals surface area contributed by atoms with Crippen molar-refractivity contribution in [1.29, 1.82) is 0 Å². The fourth-order valence-electron chi connectivity index (χ4n) is 2.59. The van der Waals surface area contributed by atoms with Gasteiger partial charge in [0.2, 0.25) is 5.91 Å².